The third-order valence-electron chi connectivity index (χ3n) is 4.81. The summed E-state index contributed by atoms with van der Waals surface area (Å²) in [5.41, 5.74) is 1.49. The maximum absolute atomic E-state index is 13.9. The minimum Gasteiger partial charge on any atom is -0.342 e. The highest BCUT2D eigenvalue weighted by Crippen LogP contribution is 2.25. The standard InChI is InChI=1S/C22H23ClFN5O2S/c1-12-9-10-15(11-17(12)23)26-20(30)14(3)32-22-28-27-19(29(22)4)13(2)25-21(31)16-7-5-6-8-18(16)24/h5-11,13-14H,1-4H3,(H,25,31)(H,26,30). The maximum Gasteiger partial charge on any atom is 0.254 e. The Morgan fingerprint density at radius 1 is 1.16 bits per heavy atom. The molecular formula is C22H23ClFN5O2S. The van der Waals surface area contributed by atoms with Crippen LogP contribution in [0.4, 0.5) is 10.1 Å². The van der Waals surface area contributed by atoms with E-state index in [0.717, 1.165) is 5.56 Å². The lowest BCUT2D eigenvalue weighted by Crippen LogP contribution is -2.29. The number of hydrogen-bond donors (Lipinski definition) is 2. The Morgan fingerprint density at radius 3 is 2.56 bits per heavy atom. The van der Waals surface area contributed by atoms with Crippen LogP contribution in [-0.2, 0) is 11.8 Å². The number of aryl methyl sites for hydroxylation is 1. The zero-order valence-electron chi connectivity index (χ0n) is 18.0. The molecule has 2 unspecified atom stereocenters. The normalized spacial score (nSPS) is 12.8. The summed E-state index contributed by atoms with van der Waals surface area (Å²) in [6, 6.07) is 10.6. The van der Waals surface area contributed by atoms with E-state index >= 15 is 0 Å². The number of rotatable bonds is 7. The Morgan fingerprint density at radius 2 is 1.88 bits per heavy atom. The molecule has 0 saturated heterocycles. The summed E-state index contributed by atoms with van der Waals surface area (Å²) in [7, 11) is 1.74. The summed E-state index contributed by atoms with van der Waals surface area (Å²) in [6.07, 6.45) is 0. The molecule has 0 aliphatic heterocycles. The molecule has 10 heteroatoms. The van der Waals surface area contributed by atoms with Crippen molar-refractivity contribution in [1.29, 1.82) is 0 Å². The number of nitrogens with one attached hydrogen (secondary N) is 2. The number of halogens is 2. The highest BCUT2D eigenvalue weighted by Gasteiger charge is 2.23. The van der Waals surface area contributed by atoms with Crippen LogP contribution in [0.2, 0.25) is 5.02 Å². The van der Waals surface area contributed by atoms with Gasteiger partial charge in [-0.05, 0) is 50.6 Å². The molecule has 1 aromatic heterocycles. The van der Waals surface area contributed by atoms with Gasteiger partial charge < -0.3 is 15.2 Å². The number of carbonyl (C=O) groups excluding carboxylic acids is 2. The van der Waals surface area contributed by atoms with Gasteiger partial charge in [-0.3, -0.25) is 9.59 Å². The Kier molecular flexibility index (Phi) is 7.52. The van der Waals surface area contributed by atoms with E-state index in [1.807, 2.05) is 13.0 Å². The van der Waals surface area contributed by atoms with E-state index < -0.39 is 23.0 Å². The second-order valence-electron chi connectivity index (χ2n) is 7.29. The lowest BCUT2D eigenvalue weighted by atomic mass is 10.2. The Balaban J connectivity index is 1.64. The van der Waals surface area contributed by atoms with Gasteiger partial charge in [0.25, 0.3) is 5.91 Å². The molecule has 1 heterocycles. The number of benzene rings is 2. The van der Waals surface area contributed by atoms with Gasteiger partial charge in [-0.1, -0.05) is 41.6 Å². The van der Waals surface area contributed by atoms with Crippen LogP contribution in [0.5, 0.6) is 0 Å². The Hall–Kier alpha value is -2.91. The average molecular weight is 476 g/mol. The molecule has 2 amide bonds. The van der Waals surface area contributed by atoms with Gasteiger partial charge in [-0.2, -0.15) is 0 Å². The van der Waals surface area contributed by atoms with Crippen LogP contribution in [0.3, 0.4) is 0 Å². The van der Waals surface area contributed by atoms with Crippen LogP contribution in [0.1, 0.15) is 41.6 Å². The molecule has 2 aromatic carbocycles. The van der Waals surface area contributed by atoms with Crippen LogP contribution < -0.4 is 10.6 Å². The summed E-state index contributed by atoms with van der Waals surface area (Å²) in [6.45, 7) is 5.37. The van der Waals surface area contributed by atoms with Crippen molar-refractivity contribution in [2.24, 2.45) is 7.05 Å². The summed E-state index contributed by atoms with van der Waals surface area (Å²) in [5, 5.41) is 14.5. The van der Waals surface area contributed by atoms with Crippen LogP contribution in [0, 0.1) is 12.7 Å². The second-order valence-corrected chi connectivity index (χ2v) is 9.00. The fraction of sp³-hybridized carbons (Fsp3) is 0.273. The molecule has 0 saturated carbocycles. The molecule has 0 aliphatic carbocycles. The largest absolute Gasteiger partial charge is 0.342 e. The number of carbonyl (C=O) groups is 2. The smallest absolute Gasteiger partial charge is 0.254 e. The van der Waals surface area contributed by atoms with E-state index in [2.05, 4.69) is 20.8 Å². The first-order valence-corrected chi connectivity index (χ1v) is 11.1. The molecule has 32 heavy (non-hydrogen) atoms. The van der Waals surface area contributed by atoms with E-state index in [1.165, 1.54) is 30.0 Å². The number of thioether (sulfide) groups is 1. The predicted molar refractivity (Wildman–Crippen MR) is 123 cm³/mol. The molecule has 7 nitrogen and oxygen atoms in total. The first kappa shape index (κ1) is 23.7. The molecule has 0 radical (unpaired) electrons. The Labute approximate surface area is 194 Å². The molecule has 0 spiro atoms. The monoisotopic (exact) mass is 475 g/mol. The number of amides is 2. The van der Waals surface area contributed by atoms with E-state index in [-0.39, 0.29) is 11.5 Å². The average Bonchev–Trinajstić information content (AvgIpc) is 3.11. The van der Waals surface area contributed by atoms with Crippen LogP contribution in [0.15, 0.2) is 47.6 Å². The van der Waals surface area contributed by atoms with Crippen molar-refractivity contribution in [3.8, 4) is 0 Å². The second kappa shape index (κ2) is 10.1. The molecule has 3 rings (SSSR count). The van der Waals surface area contributed by atoms with Crippen LogP contribution in [0.25, 0.3) is 0 Å². The fourth-order valence-electron chi connectivity index (χ4n) is 2.92. The van der Waals surface area contributed by atoms with Crippen LogP contribution in [-0.4, -0.2) is 31.8 Å². The summed E-state index contributed by atoms with van der Waals surface area (Å²) >= 11 is 7.35. The van der Waals surface area contributed by atoms with Crippen molar-refractivity contribution in [1.82, 2.24) is 20.1 Å². The van der Waals surface area contributed by atoms with E-state index in [1.54, 1.807) is 43.7 Å². The summed E-state index contributed by atoms with van der Waals surface area (Å²) in [5.74, 6) is -0.867. The molecule has 2 N–H and O–H groups in total. The minimum atomic E-state index is -0.596. The van der Waals surface area contributed by atoms with Crippen molar-refractivity contribution in [2.75, 3.05) is 5.32 Å². The minimum absolute atomic E-state index is 0.0439. The topological polar surface area (TPSA) is 88.9 Å². The van der Waals surface area contributed by atoms with Crippen molar-refractivity contribution in [2.45, 2.75) is 37.2 Å². The maximum atomic E-state index is 13.9. The highest BCUT2D eigenvalue weighted by atomic mass is 35.5. The fourth-order valence-corrected chi connectivity index (χ4v) is 3.92. The van der Waals surface area contributed by atoms with Gasteiger partial charge in [-0.15, -0.1) is 10.2 Å². The third-order valence-corrected chi connectivity index (χ3v) is 6.35. The van der Waals surface area contributed by atoms with Crippen molar-refractivity contribution >= 4 is 40.9 Å². The predicted octanol–water partition coefficient (Wildman–Crippen LogP) is 4.53. The zero-order chi connectivity index (χ0) is 23.4. The van der Waals surface area contributed by atoms with Gasteiger partial charge in [0.05, 0.1) is 16.9 Å². The van der Waals surface area contributed by atoms with E-state index in [9.17, 15) is 14.0 Å². The molecule has 0 aliphatic rings. The summed E-state index contributed by atoms with van der Waals surface area (Å²) < 4.78 is 15.5. The highest BCUT2D eigenvalue weighted by molar-refractivity contribution is 8.00. The lowest BCUT2D eigenvalue weighted by molar-refractivity contribution is -0.115. The molecule has 168 valence electrons. The van der Waals surface area contributed by atoms with Gasteiger partial charge in [0, 0.05) is 17.8 Å². The SMILES string of the molecule is Cc1ccc(NC(=O)C(C)Sc2nnc(C(C)NC(=O)c3ccccc3F)n2C)cc1Cl. The van der Waals surface area contributed by atoms with Gasteiger partial charge in [0.1, 0.15) is 5.82 Å². The quantitative estimate of drug-likeness (QED) is 0.490. The van der Waals surface area contributed by atoms with Crippen molar-refractivity contribution in [3.63, 3.8) is 0 Å². The van der Waals surface area contributed by atoms with Gasteiger partial charge in [-0.25, -0.2) is 4.39 Å². The van der Waals surface area contributed by atoms with Crippen LogP contribution >= 0.6 is 23.4 Å². The molecule has 0 fully saturated rings. The molecule has 0 bridgehead atoms. The number of aromatic nitrogens is 3. The molecular weight excluding hydrogens is 453 g/mol. The van der Waals surface area contributed by atoms with Crippen molar-refractivity contribution < 1.29 is 14.0 Å². The summed E-state index contributed by atoms with van der Waals surface area (Å²) in [4.78, 5) is 25.0. The first-order chi connectivity index (χ1) is 15.2. The number of anilines is 1. The Bertz CT molecular complexity index is 1150. The van der Waals surface area contributed by atoms with Gasteiger partial charge in [0.15, 0.2) is 11.0 Å². The lowest BCUT2D eigenvalue weighted by Gasteiger charge is -2.15. The zero-order valence-corrected chi connectivity index (χ0v) is 19.6. The third kappa shape index (κ3) is 5.46. The molecule has 3 aromatic rings. The number of nitrogens with zero attached hydrogens (tertiary/aromatic N) is 3. The van der Waals surface area contributed by atoms with Crippen molar-refractivity contribution in [3.05, 3.63) is 70.3 Å². The van der Waals surface area contributed by atoms with E-state index in [4.69, 9.17) is 11.6 Å². The first-order valence-electron chi connectivity index (χ1n) is 9.85. The number of hydrogen-bond acceptors (Lipinski definition) is 5. The van der Waals surface area contributed by atoms with E-state index in [0.29, 0.717) is 21.7 Å². The van der Waals surface area contributed by atoms with Gasteiger partial charge in [0.2, 0.25) is 5.91 Å². The molecule has 2 atom stereocenters. The van der Waals surface area contributed by atoms with Gasteiger partial charge >= 0.3 is 0 Å².